The lowest BCUT2D eigenvalue weighted by atomic mass is 9.73. The lowest BCUT2D eigenvalue weighted by Gasteiger charge is -2.35. The van der Waals surface area contributed by atoms with Crippen LogP contribution in [-0.2, 0) is 19.1 Å². The zero-order chi connectivity index (χ0) is 24.2. The molecule has 2 saturated carbocycles. The minimum absolute atomic E-state index is 0.0445. The Bertz CT molecular complexity index is 587. The highest BCUT2D eigenvalue weighted by Gasteiger charge is 2.69. The van der Waals surface area contributed by atoms with Gasteiger partial charge in [-0.15, -0.1) is 0 Å². The Hall–Kier alpha value is -1.10. The summed E-state index contributed by atoms with van der Waals surface area (Å²) in [6.07, 6.45) is 10.6. The first-order chi connectivity index (χ1) is 14.8. The second-order valence-electron chi connectivity index (χ2n) is 12.3. The minimum atomic E-state index is -0.555. The molecule has 5 heteroatoms. The summed E-state index contributed by atoms with van der Waals surface area (Å²) in [7, 11) is 0. The first-order valence-electron chi connectivity index (χ1n) is 12.9. The van der Waals surface area contributed by atoms with Crippen LogP contribution in [0, 0.1) is 16.7 Å². The SMILES string of the molecule is CCCCCC(O)CCCCC(C1(C(=O)OC(C)(C)C)CC1)C1(C(=O)OC(C)(C)C)CC1. The van der Waals surface area contributed by atoms with Crippen molar-refractivity contribution in [3.63, 3.8) is 0 Å². The summed E-state index contributed by atoms with van der Waals surface area (Å²) in [4.78, 5) is 26.5. The highest BCUT2D eigenvalue weighted by atomic mass is 16.6. The van der Waals surface area contributed by atoms with E-state index in [0.29, 0.717) is 0 Å². The van der Waals surface area contributed by atoms with E-state index in [4.69, 9.17) is 9.47 Å². The molecule has 1 unspecified atom stereocenters. The zero-order valence-corrected chi connectivity index (χ0v) is 21.7. The van der Waals surface area contributed by atoms with Crippen molar-refractivity contribution in [2.24, 2.45) is 16.7 Å². The molecule has 0 aliphatic heterocycles. The number of carbonyl (C=O) groups excluding carboxylic acids is 2. The Morgan fingerprint density at radius 3 is 1.47 bits per heavy atom. The number of esters is 2. The van der Waals surface area contributed by atoms with Crippen molar-refractivity contribution < 1.29 is 24.2 Å². The normalized spacial score (nSPS) is 20.0. The van der Waals surface area contributed by atoms with E-state index < -0.39 is 22.0 Å². The third-order valence-corrected chi connectivity index (χ3v) is 6.94. The predicted octanol–water partition coefficient (Wildman–Crippen LogP) is 6.35. The topological polar surface area (TPSA) is 72.8 Å². The largest absolute Gasteiger partial charge is 0.460 e. The number of aliphatic hydroxyl groups is 1. The molecule has 186 valence electrons. The molecule has 32 heavy (non-hydrogen) atoms. The van der Waals surface area contributed by atoms with Gasteiger partial charge in [0.1, 0.15) is 11.2 Å². The van der Waals surface area contributed by atoms with Crippen molar-refractivity contribution in [3.05, 3.63) is 0 Å². The Labute approximate surface area is 196 Å². The van der Waals surface area contributed by atoms with E-state index in [1.54, 1.807) is 0 Å². The Kier molecular flexibility index (Phi) is 8.86. The Balaban J connectivity index is 2.08. The lowest BCUT2D eigenvalue weighted by Crippen LogP contribution is -2.42. The van der Waals surface area contributed by atoms with Crippen LogP contribution in [0.4, 0.5) is 0 Å². The van der Waals surface area contributed by atoms with E-state index in [9.17, 15) is 14.7 Å². The van der Waals surface area contributed by atoms with Crippen LogP contribution in [0.3, 0.4) is 0 Å². The molecule has 0 amide bonds. The summed E-state index contributed by atoms with van der Waals surface area (Å²) in [5.41, 5.74) is -2.19. The van der Waals surface area contributed by atoms with Gasteiger partial charge in [-0.3, -0.25) is 9.59 Å². The molecule has 0 spiro atoms. The molecular weight excluding hydrogens is 404 g/mol. The zero-order valence-electron chi connectivity index (χ0n) is 21.7. The molecule has 0 aromatic heterocycles. The summed E-state index contributed by atoms with van der Waals surface area (Å²) in [5, 5.41) is 10.3. The highest BCUT2D eigenvalue weighted by Crippen LogP contribution is 2.68. The Morgan fingerprint density at radius 2 is 1.12 bits per heavy atom. The number of rotatable bonds is 13. The van der Waals surface area contributed by atoms with Crippen molar-refractivity contribution in [1.82, 2.24) is 0 Å². The predicted molar refractivity (Wildman–Crippen MR) is 127 cm³/mol. The molecule has 0 aromatic carbocycles. The fourth-order valence-corrected chi connectivity index (χ4v) is 5.00. The second-order valence-corrected chi connectivity index (χ2v) is 12.3. The van der Waals surface area contributed by atoms with E-state index >= 15 is 0 Å². The van der Waals surface area contributed by atoms with Gasteiger partial charge in [0.25, 0.3) is 0 Å². The minimum Gasteiger partial charge on any atom is -0.460 e. The van der Waals surface area contributed by atoms with Crippen LogP contribution in [-0.4, -0.2) is 34.4 Å². The summed E-state index contributed by atoms with van der Waals surface area (Å²) < 4.78 is 11.6. The van der Waals surface area contributed by atoms with Crippen molar-refractivity contribution in [3.8, 4) is 0 Å². The average molecular weight is 453 g/mol. The molecular formula is C27H48O5. The fraction of sp³-hybridized carbons (Fsp3) is 0.926. The van der Waals surface area contributed by atoms with Gasteiger partial charge in [-0.05, 0) is 92.4 Å². The van der Waals surface area contributed by atoms with Gasteiger partial charge in [0.05, 0.1) is 16.9 Å². The average Bonchev–Trinajstić information content (AvgIpc) is 3.54. The number of ether oxygens (including phenoxy) is 2. The van der Waals surface area contributed by atoms with Crippen LogP contribution < -0.4 is 0 Å². The van der Waals surface area contributed by atoms with E-state index in [2.05, 4.69) is 6.92 Å². The molecule has 2 aliphatic rings. The Morgan fingerprint density at radius 1 is 0.750 bits per heavy atom. The van der Waals surface area contributed by atoms with Crippen molar-refractivity contribution in [2.75, 3.05) is 0 Å². The summed E-state index contributed by atoms with van der Waals surface area (Å²) in [6.45, 7) is 13.6. The molecule has 0 heterocycles. The third-order valence-electron chi connectivity index (χ3n) is 6.94. The maximum atomic E-state index is 13.2. The number of hydrogen-bond donors (Lipinski definition) is 1. The van der Waals surface area contributed by atoms with Crippen LogP contribution >= 0.6 is 0 Å². The van der Waals surface area contributed by atoms with Crippen molar-refractivity contribution in [2.45, 2.75) is 143 Å². The van der Waals surface area contributed by atoms with Gasteiger partial charge in [0.15, 0.2) is 0 Å². The van der Waals surface area contributed by atoms with Gasteiger partial charge in [-0.1, -0.05) is 39.0 Å². The maximum absolute atomic E-state index is 13.2. The molecule has 2 aliphatic carbocycles. The molecule has 0 bridgehead atoms. The van der Waals surface area contributed by atoms with E-state index in [-0.39, 0.29) is 24.0 Å². The van der Waals surface area contributed by atoms with Gasteiger partial charge < -0.3 is 14.6 Å². The first-order valence-corrected chi connectivity index (χ1v) is 12.9. The van der Waals surface area contributed by atoms with Crippen LogP contribution in [0.25, 0.3) is 0 Å². The van der Waals surface area contributed by atoms with Gasteiger partial charge in [0.2, 0.25) is 0 Å². The van der Waals surface area contributed by atoms with E-state index in [0.717, 1.165) is 77.0 Å². The third kappa shape index (κ3) is 7.46. The van der Waals surface area contributed by atoms with Crippen LogP contribution in [0.1, 0.15) is 126 Å². The van der Waals surface area contributed by atoms with Gasteiger partial charge in [0, 0.05) is 0 Å². The summed E-state index contributed by atoms with van der Waals surface area (Å²) in [6, 6.07) is 0. The monoisotopic (exact) mass is 452 g/mol. The van der Waals surface area contributed by atoms with Crippen molar-refractivity contribution >= 4 is 11.9 Å². The summed E-state index contributed by atoms with van der Waals surface area (Å²) in [5.74, 6) is -0.342. The second kappa shape index (κ2) is 10.4. The van der Waals surface area contributed by atoms with Crippen molar-refractivity contribution in [1.29, 1.82) is 0 Å². The van der Waals surface area contributed by atoms with Crippen LogP contribution in [0.5, 0.6) is 0 Å². The number of carbonyl (C=O) groups is 2. The molecule has 1 N–H and O–H groups in total. The highest BCUT2D eigenvalue weighted by molar-refractivity contribution is 5.85. The van der Waals surface area contributed by atoms with Crippen LogP contribution in [0.15, 0.2) is 0 Å². The molecule has 0 saturated heterocycles. The smallest absolute Gasteiger partial charge is 0.312 e. The first kappa shape index (κ1) is 27.1. The molecule has 1 atom stereocenters. The quantitative estimate of drug-likeness (QED) is 0.260. The molecule has 0 aromatic rings. The van der Waals surface area contributed by atoms with Gasteiger partial charge >= 0.3 is 11.9 Å². The van der Waals surface area contributed by atoms with Gasteiger partial charge in [-0.25, -0.2) is 0 Å². The van der Waals surface area contributed by atoms with E-state index in [1.807, 2.05) is 41.5 Å². The molecule has 2 rings (SSSR count). The standard InChI is InChI=1S/C27H48O5/c1-8-9-10-13-20(28)14-11-12-15-21(26(16-17-26)22(29)31-24(2,3)4)27(18-19-27)23(30)32-25(5,6)7/h20-21,28H,8-19H2,1-7H3. The van der Waals surface area contributed by atoms with Crippen LogP contribution in [0.2, 0.25) is 0 Å². The maximum Gasteiger partial charge on any atom is 0.312 e. The number of unbranched alkanes of at least 4 members (excludes halogenated alkanes) is 3. The van der Waals surface area contributed by atoms with E-state index in [1.165, 1.54) is 0 Å². The molecule has 2 fully saturated rings. The molecule has 0 radical (unpaired) electrons. The number of hydrogen-bond acceptors (Lipinski definition) is 5. The van der Waals surface area contributed by atoms with Gasteiger partial charge in [-0.2, -0.15) is 0 Å². The molecule has 5 nitrogen and oxygen atoms in total. The fourth-order valence-electron chi connectivity index (χ4n) is 5.00. The summed E-state index contributed by atoms with van der Waals surface area (Å²) >= 11 is 0. The number of aliphatic hydroxyl groups excluding tert-OH is 1. The lowest BCUT2D eigenvalue weighted by molar-refractivity contribution is -0.172.